The largest absolute Gasteiger partial charge is 0.463 e. The van der Waals surface area contributed by atoms with Crippen molar-refractivity contribution in [3.05, 3.63) is 82.0 Å². The summed E-state index contributed by atoms with van der Waals surface area (Å²) in [5.41, 5.74) is 0.722. The van der Waals surface area contributed by atoms with Crippen molar-refractivity contribution in [2.24, 2.45) is 0 Å². The van der Waals surface area contributed by atoms with Crippen LogP contribution < -0.4 is 0 Å². The van der Waals surface area contributed by atoms with Gasteiger partial charge in [-0.25, -0.2) is 13.6 Å². The lowest BCUT2D eigenvalue weighted by molar-refractivity contribution is -0.139. The molecule has 3 rings (SSSR count). The van der Waals surface area contributed by atoms with Crippen molar-refractivity contribution in [2.75, 3.05) is 13.7 Å². The monoisotopic (exact) mass is 456 g/mol. The number of hydrogen-bond donors (Lipinski definition) is 0. The van der Waals surface area contributed by atoms with E-state index in [1.165, 1.54) is 43.6 Å². The van der Waals surface area contributed by atoms with Crippen molar-refractivity contribution in [1.29, 1.82) is 0 Å². The molecule has 1 aliphatic rings. The Balaban J connectivity index is 2.11. The summed E-state index contributed by atoms with van der Waals surface area (Å²) in [6, 6.07) is 8.13. The molecule has 0 bridgehead atoms. The molecule has 0 saturated carbocycles. The fourth-order valence-corrected chi connectivity index (χ4v) is 4.76. The molecule has 30 heavy (non-hydrogen) atoms. The number of rotatable bonds is 5. The summed E-state index contributed by atoms with van der Waals surface area (Å²) < 4.78 is 60.4. The summed E-state index contributed by atoms with van der Waals surface area (Å²) in [6.45, 7) is 1.51. The zero-order valence-corrected chi connectivity index (χ0v) is 17.8. The van der Waals surface area contributed by atoms with Crippen LogP contribution in [0.1, 0.15) is 24.1 Å². The predicted octanol–water partition coefficient (Wildman–Crippen LogP) is 3.80. The van der Waals surface area contributed by atoms with Crippen molar-refractivity contribution in [2.45, 2.75) is 19.5 Å². The van der Waals surface area contributed by atoms with E-state index in [-0.39, 0.29) is 23.7 Å². The first-order valence-corrected chi connectivity index (χ1v) is 10.8. The maximum Gasteiger partial charge on any atom is 0.337 e. The number of hydrogen-bond acceptors (Lipinski definition) is 4. The van der Waals surface area contributed by atoms with E-state index < -0.39 is 33.9 Å². The highest BCUT2D eigenvalue weighted by Crippen LogP contribution is 2.38. The summed E-state index contributed by atoms with van der Waals surface area (Å²) in [5.74, 6) is -1.91. The third kappa shape index (κ3) is 4.33. The lowest BCUT2D eigenvalue weighted by atomic mass is 9.99. The summed E-state index contributed by atoms with van der Waals surface area (Å²) in [5, 5.41) is -0.205. The molecule has 0 aromatic heterocycles. The van der Waals surface area contributed by atoms with Crippen molar-refractivity contribution in [1.82, 2.24) is 8.61 Å². The molecule has 0 aliphatic carbocycles. The first-order chi connectivity index (χ1) is 14.1. The van der Waals surface area contributed by atoms with Crippen LogP contribution in [0.2, 0.25) is 5.02 Å². The quantitative estimate of drug-likeness (QED) is 0.642. The summed E-state index contributed by atoms with van der Waals surface area (Å²) >= 11 is 5.87. The Morgan fingerprint density at radius 2 is 1.93 bits per heavy atom. The molecule has 0 saturated heterocycles. The van der Waals surface area contributed by atoms with Gasteiger partial charge in [-0.1, -0.05) is 29.8 Å². The number of halogens is 3. The van der Waals surface area contributed by atoms with Gasteiger partial charge in [0.15, 0.2) is 0 Å². The molecule has 1 unspecified atom stereocenters. The Labute approximate surface area is 178 Å². The van der Waals surface area contributed by atoms with Crippen molar-refractivity contribution < 1.29 is 26.7 Å². The molecule has 2 aromatic carbocycles. The third-order valence-corrected chi connectivity index (χ3v) is 6.66. The highest BCUT2D eigenvalue weighted by Gasteiger charge is 2.42. The minimum absolute atomic E-state index is 0.0215. The van der Waals surface area contributed by atoms with E-state index in [2.05, 4.69) is 0 Å². The molecular formula is C20H19ClF2N2O4S. The lowest BCUT2D eigenvalue weighted by Crippen LogP contribution is -2.46. The smallest absolute Gasteiger partial charge is 0.337 e. The molecule has 0 fully saturated rings. The number of ether oxygens (including phenoxy) is 1. The van der Waals surface area contributed by atoms with Gasteiger partial charge in [-0.2, -0.15) is 12.7 Å². The Bertz CT molecular complexity index is 1110. The molecule has 160 valence electrons. The average Bonchev–Trinajstić information content (AvgIpc) is 2.68. The van der Waals surface area contributed by atoms with Crippen LogP contribution in [0.3, 0.4) is 0 Å². The third-order valence-electron chi connectivity index (χ3n) is 4.60. The minimum Gasteiger partial charge on any atom is -0.463 e. The topological polar surface area (TPSA) is 66.9 Å². The summed E-state index contributed by atoms with van der Waals surface area (Å²) in [7, 11) is -2.80. The van der Waals surface area contributed by atoms with Gasteiger partial charge in [-0.05, 0) is 42.3 Å². The van der Waals surface area contributed by atoms with E-state index in [9.17, 15) is 22.0 Å². The number of carbonyl (C=O) groups excluding carboxylic acids is 1. The number of benzene rings is 2. The Kier molecular flexibility index (Phi) is 6.44. The van der Waals surface area contributed by atoms with Gasteiger partial charge in [0.25, 0.3) is 0 Å². The maximum absolute atomic E-state index is 13.6. The fraction of sp³-hybridized carbons (Fsp3) is 0.250. The molecular weight excluding hydrogens is 438 g/mol. The van der Waals surface area contributed by atoms with Crippen LogP contribution in [-0.4, -0.2) is 36.7 Å². The van der Waals surface area contributed by atoms with Crippen LogP contribution in [0.25, 0.3) is 0 Å². The second kappa shape index (κ2) is 8.71. The molecule has 0 N–H and O–H groups in total. The van der Waals surface area contributed by atoms with E-state index in [1.54, 1.807) is 13.0 Å². The zero-order chi connectivity index (χ0) is 22.1. The van der Waals surface area contributed by atoms with Crippen molar-refractivity contribution in [3.63, 3.8) is 0 Å². The second-order valence-electron chi connectivity index (χ2n) is 6.58. The maximum atomic E-state index is 13.6. The first kappa shape index (κ1) is 22.2. The van der Waals surface area contributed by atoms with Gasteiger partial charge in [-0.3, -0.25) is 4.31 Å². The Hall–Kier alpha value is -2.49. The van der Waals surface area contributed by atoms with Crippen molar-refractivity contribution >= 4 is 27.8 Å². The molecule has 2 aromatic rings. The van der Waals surface area contributed by atoms with E-state index >= 15 is 0 Å². The molecule has 6 nitrogen and oxygen atoms in total. The fourth-order valence-electron chi connectivity index (χ4n) is 3.18. The molecule has 0 spiro atoms. The van der Waals surface area contributed by atoms with E-state index in [4.69, 9.17) is 16.3 Å². The van der Waals surface area contributed by atoms with E-state index in [0.29, 0.717) is 11.1 Å². The normalized spacial score (nSPS) is 18.8. The minimum atomic E-state index is -4.09. The zero-order valence-electron chi connectivity index (χ0n) is 16.2. The molecule has 0 radical (unpaired) electrons. The number of carbonyl (C=O) groups is 1. The van der Waals surface area contributed by atoms with E-state index in [0.717, 1.165) is 14.7 Å². The van der Waals surface area contributed by atoms with Crippen LogP contribution >= 0.6 is 11.6 Å². The van der Waals surface area contributed by atoms with Gasteiger partial charge < -0.3 is 4.74 Å². The van der Waals surface area contributed by atoms with Crippen LogP contribution in [0, 0.1) is 11.6 Å². The van der Waals surface area contributed by atoms with Crippen LogP contribution in [0.5, 0.6) is 0 Å². The number of esters is 1. The second-order valence-corrected chi connectivity index (χ2v) is 8.93. The number of nitrogens with zero attached hydrogens (tertiary/aromatic N) is 2. The van der Waals surface area contributed by atoms with Crippen LogP contribution in [-0.2, 0) is 26.3 Å². The van der Waals surface area contributed by atoms with Gasteiger partial charge >= 0.3 is 16.2 Å². The predicted molar refractivity (Wildman–Crippen MR) is 107 cm³/mol. The molecule has 1 atom stereocenters. The number of likely N-dealkylation sites (N-methyl/N-ethyl adjacent to an activating group) is 1. The molecule has 0 amide bonds. The molecule has 1 aliphatic heterocycles. The standard InChI is InChI=1S/C20H19ClF2N2O4S/c1-3-29-20(26)16-12-25(11-13-5-4-6-15(22)9-13)30(27,28)24(2)19(16)14-7-8-18(23)17(21)10-14/h4-10,12,19H,3,11H2,1-2H3. The van der Waals surface area contributed by atoms with Gasteiger partial charge in [0.05, 0.1) is 29.8 Å². The first-order valence-electron chi connectivity index (χ1n) is 8.98. The molecule has 1 heterocycles. The van der Waals surface area contributed by atoms with Crippen LogP contribution in [0.15, 0.2) is 54.2 Å². The summed E-state index contributed by atoms with van der Waals surface area (Å²) in [4.78, 5) is 12.6. The van der Waals surface area contributed by atoms with Gasteiger partial charge in [-0.15, -0.1) is 0 Å². The average molecular weight is 457 g/mol. The molecule has 10 heteroatoms. The van der Waals surface area contributed by atoms with Gasteiger partial charge in [0, 0.05) is 13.2 Å². The highest BCUT2D eigenvalue weighted by molar-refractivity contribution is 7.86. The van der Waals surface area contributed by atoms with Gasteiger partial charge in [0.1, 0.15) is 11.6 Å². The Morgan fingerprint density at radius 1 is 1.20 bits per heavy atom. The van der Waals surface area contributed by atoms with Gasteiger partial charge in [0.2, 0.25) is 0 Å². The van der Waals surface area contributed by atoms with Crippen molar-refractivity contribution in [3.8, 4) is 0 Å². The highest BCUT2D eigenvalue weighted by atomic mass is 35.5. The SMILES string of the molecule is CCOC(=O)C1=CN(Cc2cccc(F)c2)S(=O)(=O)N(C)C1c1ccc(F)c(Cl)c1. The Morgan fingerprint density at radius 3 is 2.57 bits per heavy atom. The summed E-state index contributed by atoms with van der Waals surface area (Å²) in [6.07, 6.45) is 1.17. The van der Waals surface area contributed by atoms with E-state index in [1.807, 2.05) is 0 Å². The lowest BCUT2D eigenvalue weighted by Gasteiger charge is -2.38. The van der Waals surface area contributed by atoms with Crippen LogP contribution in [0.4, 0.5) is 8.78 Å².